The minimum Gasteiger partial charge on any atom is -0.294 e. The van der Waals surface area contributed by atoms with Crippen molar-refractivity contribution in [2.75, 3.05) is 0 Å². The maximum atomic E-state index is 11.1. The molecule has 0 amide bonds. The van der Waals surface area contributed by atoms with Crippen LogP contribution in [0.3, 0.4) is 0 Å². The van der Waals surface area contributed by atoms with Crippen molar-refractivity contribution in [3.8, 4) is 0 Å². The Balaban J connectivity index is 3.03. The third kappa shape index (κ3) is 1.90. The molecular weight excluding hydrogens is 204 g/mol. The second kappa shape index (κ2) is 3.67. The molecule has 2 heteroatoms. The molecule has 1 rings (SSSR count). The van der Waals surface area contributed by atoms with Gasteiger partial charge in [-0.3, -0.25) is 4.79 Å². The summed E-state index contributed by atoms with van der Waals surface area (Å²) in [7, 11) is 0. The fraction of sp³-hybridized carbons (Fsp3) is 0.111. The van der Waals surface area contributed by atoms with Gasteiger partial charge in [-0.2, -0.15) is 0 Å². The number of ketones is 1. The van der Waals surface area contributed by atoms with E-state index in [1.807, 2.05) is 18.2 Å². The van der Waals surface area contributed by atoms with Crippen LogP contribution < -0.4 is 0 Å². The molecule has 0 atom stereocenters. The minimum atomic E-state index is 0.0671. The first-order valence-electron chi connectivity index (χ1n) is 3.32. The van der Waals surface area contributed by atoms with Gasteiger partial charge in [-0.15, -0.1) is 0 Å². The molecule has 0 aliphatic heterocycles. The third-order valence-corrected chi connectivity index (χ3v) is 2.09. The molecule has 0 aliphatic carbocycles. The summed E-state index contributed by atoms with van der Waals surface area (Å²) >= 11 is 3.29. The molecule has 0 fully saturated rings. The van der Waals surface area contributed by atoms with Gasteiger partial charge in [-0.1, -0.05) is 34.1 Å². The average molecular weight is 212 g/mol. The van der Waals surface area contributed by atoms with Crippen LogP contribution in [-0.2, 0) is 0 Å². The predicted octanol–water partition coefficient (Wildman–Crippen LogP) is 2.86. The number of Topliss-reactive ketones (excluding diaryl/α,β-unsaturated/α-hetero) is 1. The zero-order chi connectivity index (χ0) is 8.27. The van der Waals surface area contributed by atoms with Gasteiger partial charge in [0.15, 0.2) is 5.78 Å². The molecule has 0 bridgehead atoms. The summed E-state index contributed by atoms with van der Waals surface area (Å²) in [5.74, 6) is 0.0671. The highest BCUT2D eigenvalue weighted by atomic mass is 79.9. The number of halogens is 1. The first-order valence-corrected chi connectivity index (χ1v) is 4.12. The lowest BCUT2D eigenvalue weighted by molar-refractivity contribution is 0.0994. The van der Waals surface area contributed by atoms with Crippen LogP contribution in [-0.4, -0.2) is 5.78 Å². The minimum absolute atomic E-state index is 0.0671. The van der Waals surface area contributed by atoms with E-state index >= 15 is 0 Å². The van der Waals surface area contributed by atoms with Crippen molar-refractivity contribution in [3.05, 3.63) is 41.2 Å². The molecule has 1 aromatic carbocycles. The molecule has 1 radical (unpaired) electrons. The number of carbonyl (C=O) groups is 1. The molecule has 57 valence electrons. The summed E-state index contributed by atoms with van der Waals surface area (Å²) in [5.41, 5.74) is 0.711. The van der Waals surface area contributed by atoms with Crippen LogP contribution in [0.2, 0.25) is 0 Å². The van der Waals surface area contributed by atoms with Crippen molar-refractivity contribution in [3.63, 3.8) is 0 Å². The zero-order valence-electron chi connectivity index (χ0n) is 6.01. The monoisotopic (exact) mass is 211 g/mol. The Bertz CT molecular complexity index is 268. The van der Waals surface area contributed by atoms with E-state index < -0.39 is 0 Å². The highest BCUT2D eigenvalue weighted by Crippen LogP contribution is 2.16. The first-order chi connectivity index (χ1) is 5.25. The predicted molar refractivity (Wildman–Crippen MR) is 48.4 cm³/mol. The van der Waals surface area contributed by atoms with Gasteiger partial charge in [0, 0.05) is 16.5 Å². The zero-order valence-corrected chi connectivity index (χ0v) is 7.60. The normalized spacial score (nSPS) is 9.64. The van der Waals surface area contributed by atoms with Crippen LogP contribution in [0.1, 0.15) is 16.8 Å². The smallest absolute Gasteiger partial charge is 0.164 e. The second-order valence-corrected chi connectivity index (χ2v) is 3.01. The molecule has 0 heterocycles. The fourth-order valence-corrected chi connectivity index (χ4v) is 1.33. The Morgan fingerprint density at radius 3 is 2.64 bits per heavy atom. The average Bonchev–Trinajstić information content (AvgIpc) is 2.04. The quantitative estimate of drug-likeness (QED) is 0.689. The standard InChI is InChI=1S/C9H8BrO/c1-2-9(11)7-5-3-4-6-8(7)10/h3-6H,1-2H2. The Hall–Kier alpha value is -0.630. The number of hydrogen-bond acceptors (Lipinski definition) is 1. The lowest BCUT2D eigenvalue weighted by atomic mass is 10.1. The van der Waals surface area contributed by atoms with Crippen LogP contribution in [0.5, 0.6) is 0 Å². The molecule has 1 aromatic rings. The molecule has 0 spiro atoms. The Morgan fingerprint density at radius 1 is 1.45 bits per heavy atom. The van der Waals surface area contributed by atoms with Crippen LogP contribution >= 0.6 is 15.9 Å². The molecule has 0 saturated carbocycles. The number of hydrogen-bond donors (Lipinski definition) is 0. The van der Waals surface area contributed by atoms with Crippen LogP contribution in [0.15, 0.2) is 28.7 Å². The Kier molecular flexibility index (Phi) is 2.83. The number of carbonyl (C=O) groups excluding carboxylic acids is 1. The van der Waals surface area contributed by atoms with Crippen LogP contribution in [0, 0.1) is 6.92 Å². The SMILES string of the molecule is [CH2]CC(=O)c1ccccc1Br. The van der Waals surface area contributed by atoms with Crippen molar-refractivity contribution in [2.24, 2.45) is 0 Å². The van der Waals surface area contributed by atoms with Gasteiger partial charge < -0.3 is 0 Å². The van der Waals surface area contributed by atoms with Gasteiger partial charge in [-0.05, 0) is 13.0 Å². The summed E-state index contributed by atoms with van der Waals surface area (Å²) in [6.45, 7) is 3.53. The van der Waals surface area contributed by atoms with Crippen LogP contribution in [0.4, 0.5) is 0 Å². The molecule has 0 N–H and O–H groups in total. The van der Waals surface area contributed by atoms with E-state index in [4.69, 9.17) is 0 Å². The topological polar surface area (TPSA) is 17.1 Å². The molecule has 0 saturated heterocycles. The van der Waals surface area contributed by atoms with Crippen LogP contribution in [0.25, 0.3) is 0 Å². The molecule has 0 aliphatic rings. The largest absolute Gasteiger partial charge is 0.294 e. The second-order valence-electron chi connectivity index (χ2n) is 2.15. The Labute approximate surface area is 74.6 Å². The first kappa shape index (κ1) is 8.47. The molecule has 11 heavy (non-hydrogen) atoms. The summed E-state index contributed by atoms with van der Waals surface area (Å²) in [4.78, 5) is 11.1. The third-order valence-electron chi connectivity index (χ3n) is 1.40. The maximum Gasteiger partial charge on any atom is 0.164 e. The van der Waals surface area contributed by atoms with Crippen molar-refractivity contribution in [2.45, 2.75) is 6.42 Å². The van der Waals surface area contributed by atoms with Gasteiger partial charge >= 0.3 is 0 Å². The van der Waals surface area contributed by atoms with E-state index in [9.17, 15) is 4.79 Å². The van der Waals surface area contributed by atoms with E-state index in [0.717, 1.165) is 4.47 Å². The number of benzene rings is 1. The van der Waals surface area contributed by atoms with E-state index in [1.165, 1.54) is 0 Å². The van der Waals surface area contributed by atoms with Gasteiger partial charge in [0.25, 0.3) is 0 Å². The van der Waals surface area contributed by atoms with E-state index in [0.29, 0.717) is 12.0 Å². The molecular formula is C9H8BrO. The molecule has 0 unspecified atom stereocenters. The lowest BCUT2D eigenvalue weighted by Gasteiger charge is -1.98. The number of rotatable bonds is 2. The van der Waals surface area contributed by atoms with Gasteiger partial charge in [0.2, 0.25) is 0 Å². The Morgan fingerprint density at radius 2 is 2.09 bits per heavy atom. The van der Waals surface area contributed by atoms with E-state index in [2.05, 4.69) is 22.9 Å². The highest BCUT2D eigenvalue weighted by Gasteiger charge is 2.05. The lowest BCUT2D eigenvalue weighted by Crippen LogP contribution is -1.96. The fourth-order valence-electron chi connectivity index (χ4n) is 0.822. The van der Waals surface area contributed by atoms with E-state index in [1.54, 1.807) is 6.07 Å². The van der Waals surface area contributed by atoms with Crippen molar-refractivity contribution >= 4 is 21.7 Å². The van der Waals surface area contributed by atoms with Gasteiger partial charge in [0.1, 0.15) is 0 Å². The summed E-state index contributed by atoms with van der Waals surface area (Å²) in [6.07, 6.45) is 0.308. The maximum absolute atomic E-state index is 11.1. The highest BCUT2D eigenvalue weighted by molar-refractivity contribution is 9.10. The van der Waals surface area contributed by atoms with Crippen molar-refractivity contribution in [1.82, 2.24) is 0 Å². The van der Waals surface area contributed by atoms with Gasteiger partial charge in [0.05, 0.1) is 0 Å². The molecule has 0 aromatic heterocycles. The van der Waals surface area contributed by atoms with Gasteiger partial charge in [-0.25, -0.2) is 0 Å². The van der Waals surface area contributed by atoms with Crippen molar-refractivity contribution < 1.29 is 4.79 Å². The van der Waals surface area contributed by atoms with Crippen molar-refractivity contribution in [1.29, 1.82) is 0 Å². The summed E-state index contributed by atoms with van der Waals surface area (Å²) in [5, 5.41) is 0. The summed E-state index contributed by atoms with van der Waals surface area (Å²) < 4.78 is 0.841. The van der Waals surface area contributed by atoms with E-state index in [-0.39, 0.29) is 5.78 Å². The summed E-state index contributed by atoms with van der Waals surface area (Å²) in [6, 6.07) is 7.36. The molecule has 1 nitrogen and oxygen atoms in total.